The molecule has 1 saturated heterocycles. The van der Waals surface area contributed by atoms with Crippen LogP contribution < -0.4 is 15.0 Å². The lowest BCUT2D eigenvalue weighted by Crippen LogP contribution is -2.33. The zero-order valence-corrected chi connectivity index (χ0v) is 20.6. The number of methoxy groups -OCH3 is 2. The highest BCUT2D eigenvalue weighted by molar-refractivity contribution is 7.97. The second-order valence-electron chi connectivity index (χ2n) is 7.74. The van der Waals surface area contributed by atoms with Crippen molar-refractivity contribution in [2.45, 2.75) is 37.2 Å². The summed E-state index contributed by atoms with van der Waals surface area (Å²) >= 11 is 1.46. The number of allylic oxidation sites excluding steroid dienone is 3. The summed E-state index contributed by atoms with van der Waals surface area (Å²) in [5.41, 5.74) is 3.22. The van der Waals surface area contributed by atoms with Gasteiger partial charge in [-0.05, 0) is 68.0 Å². The van der Waals surface area contributed by atoms with Gasteiger partial charge in [0.2, 0.25) is 0 Å². The van der Waals surface area contributed by atoms with E-state index >= 15 is 0 Å². The second-order valence-corrected chi connectivity index (χ2v) is 8.87. The highest BCUT2D eigenvalue weighted by atomic mass is 32.2. The van der Waals surface area contributed by atoms with Crippen molar-refractivity contribution in [2.24, 2.45) is 0 Å². The predicted molar refractivity (Wildman–Crippen MR) is 133 cm³/mol. The molecule has 0 spiro atoms. The first kappa shape index (κ1) is 25.7. The lowest BCUT2D eigenvalue weighted by molar-refractivity contribution is 0.0698. The molecule has 3 rings (SSSR count). The Morgan fingerprint density at radius 1 is 1.15 bits per heavy atom. The lowest BCUT2D eigenvalue weighted by Gasteiger charge is -2.32. The van der Waals surface area contributed by atoms with Gasteiger partial charge in [0.15, 0.2) is 11.5 Å². The predicted octanol–water partition coefficient (Wildman–Crippen LogP) is 5.01. The van der Waals surface area contributed by atoms with Crippen molar-refractivity contribution >= 4 is 17.9 Å². The zero-order valence-electron chi connectivity index (χ0n) is 19.8. The summed E-state index contributed by atoms with van der Waals surface area (Å²) in [5.74, 6) is 0.953. The molecule has 1 aliphatic rings. The van der Waals surface area contributed by atoms with Crippen LogP contribution in [0.4, 0.5) is 0 Å². The SMILES string of the molecule is C/C=C(\C=C/Cc1ccccc1)OC1CCN(Sc2ccc(OC)c(OC)c2C(=O)NO)CC1. The van der Waals surface area contributed by atoms with Gasteiger partial charge in [0.05, 0.1) is 14.2 Å². The molecule has 8 heteroatoms. The number of piperidine rings is 1. The Kier molecular flexibility index (Phi) is 9.88. The molecule has 0 aromatic heterocycles. The van der Waals surface area contributed by atoms with Crippen LogP contribution in [0.2, 0.25) is 0 Å². The molecular weight excluding hydrogens is 452 g/mol. The minimum atomic E-state index is -0.642. The third-order valence-electron chi connectivity index (χ3n) is 5.53. The van der Waals surface area contributed by atoms with Crippen molar-refractivity contribution in [1.82, 2.24) is 9.79 Å². The molecule has 1 aliphatic heterocycles. The molecule has 0 unspecified atom stereocenters. The van der Waals surface area contributed by atoms with Crippen molar-refractivity contribution in [3.05, 3.63) is 77.6 Å². The van der Waals surface area contributed by atoms with E-state index in [2.05, 4.69) is 22.5 Å². The molecule has 2 aromatic rings. The third-order valence-corrected chi connectivity index (χ3v) is 6.69. The van der Waals surface area contributed by atoms with Crippen molar-refractivity contribution < 1.29 is 24.2 Å². The molecule has 0 atom stereocenters. The van der Waals surface area contributed by atoms with Crippen LogP contribution in [0.3, 0.4) is 0 Å². The van der Waals surface area contributed by atoms with Gasteiger partial charge in [-0.15, -0.1) is 0 Å². The Balaban J connectivity index is 1.57. The normalized spacial score (nSPS) is 15.4. The van der Waals surface area contributed by atoms with Gasteiger partial charge in [0, 0.05) is 18.0 Å². The summed E-state index contributed by atoms with van der Waals surface area (Å²) < 4.78 is 19.1. The molecule has 1 amide bonds. The average Bonchev–Trinajstić information content (AvgIpc) is 2.88. The standard InChI is InChI=1S/C26H32N2O5S/c1-4-20(12-8-11-19-9-6-5-7-10-19)33-21-15-17-28(18-16-21)34-23-14-13-22(31-2)25(32-3)24(23)26(29)27-30/h4-10,12-14,21,30H,11,15-18H2,1-3H3,(H,27,29)/b12-8-,20-4+. The number of hydrogen-bond donors (Lipinski definition) is 2. The maximum atomic E-state index is 12.3. The van der Waals surface area contributed by atoms with E-state index in [4.69, 9.17) is 14.2 Å². The van der Waals surface area contributed by atoms with Crippen LogP contribution in [0.25, 0.3) is 0 Å². The number of ether oxygens (including phenoxy) is 3. The maximum Gasteiger partial charge on any atom is 0.279 e. The molecule has 1 fully saturated rings. The number of nitrogens with zero attached hydrogens (tertiary/aromatic N) is 1. The number of hydroxylamine groups is 1. The fourth-order valence-corrected chi connectivity index (χ4v) is 4.83. The molecule has 1 heterocycles. The fraction of sp³-hybridized carbons (Fsp3) is 0.346. The Hall–Kier alpha value is -2.94. The molecular formula is C26H32N2O5S. The average molecular weight is 485 g/mol. The Morgan fingerprint density at radius 3 is 2.50 bits per heavy atom. The first-order valence-electron chi connectivity index (χ1n) is 11.2. The van der Waals surface area contributed by atoms with Gasteiger partial charge in [-0.3, -0.25) is 10.0 Å². The van der Waals surface area contributed by atoms with E-state index < -0.39 is 5.91 Å². The number of benzene rings is 2. The van der Waals surface area contributed by atoms with Gasteiger partial charge in [-0.1, -0.05) is 36.4 Å². The van der Waals surface area contributed by atoms with E-state index in [1.54, 1.807) is 17.6 Å². The summed E-state index contributed by atoms with van der Waals surface area (Å²) in [6.45, 7) is 3.58. The number of amides is 1. The molecule has 34 heavy (non-hydrogen) atoms. The zero-order chi connectivity index (χ0) is 24.3. The number of carbonyl (C=O) groups excluding carboxylic acids is 1. The topological polar surface area (TPSA) is 80.3 Å². The monoisotopic (exact) mass is 484 g/mol. The van der Waals surface area contributed by atoms with Crippen molar-refractivity contribution in [2.75, 3.05) is 27.3 Å². The molecule has 0 aliphatic carbocycles. The molecule has 182 valence electrons. The van der Waals surface area contributed by atoms with Crippen molar-refractivity contribution in [1.29, 1.82) is 0 Å². The van der Waals surface area contributed by atoms with Crippen LogP contribution in [0.5, 0.6) is 11.5 Å². The van der Waals surface area contributed by atoms with Crippen LogP contribution in [0, 0.1) is 0 Å². The molecule has 2 aromatic carbocycles. The summed E-state index contributed by atoms with van der Waals surface area (Å²) in [4.78, 5) is 13.0. The van der Waals surface area contributed by atoms with Crippen LogP contribution >= 0.6 is 11.9 Å². The minimum absolute atomic E-state index is 0.134. The van der Waals surface area contributed by atoms with Crippen LogP contribution in [0.15, 0.2) is 71.3 Å². The van der Waals surface area contributed by atoms with E-state index in [0.717, 1.165) is 38.1 Å². The molecule has 2 N–H and O–H groups in total. The van der Waals surface area contributed by atoms with Gasteiger partial charge in [-0.2, -0.15) is 0 Å². The van der Waals surface area contributed by atoms with E-state index in [1.807, 2.05) is 37.3 Å². The molecule has 0 bridgehead atoms. The largest absolute Gasteiger partial charge is 0.493 e. The van der Waals surface area contributed by atoms with Gasteiger partial charge in [-0.25, -0.2) is 9.79 Å². The Bertz CT molecular complexity index is 1000. The van der Waals surface area contributed by atoms with Gasteiger partial charge < -0.3 is 14.2 Å². The van der Waals surface area contributed by atoms with Crippen molar-refractivity contribution in [3.63, 3.8) is 0 Å². The Labute approximate surface area is 205 Å². The highest BCUT2D eigenvalue weighted by Gasteiger charge is 2.26. The first-order valence-corrected chi connectivity index (χ1v) is 12.0. The van der Waals surface area contributed by atoms with E-state index in [0.29, 0.717) is 10.6 Å². The quantitative estimate of drug-likeness (QED) is 0.161. The smallest absolute Gasteiger partial charge is 0.279 e. The fourth-order valence-electron chi connectivity index (χ4n) is 3.76. The second kappa shape index (κ2) is 13.1. The number of rotatable bonds is 10. The van der Waals surface area contributed by atoms with E-state index in [9.17, 15) is 10.0 Å². The van der Waals surface area contributed by atoms with Crippen molar-refractivity contribution in [3.8, 4) is 11.5 Å². The molecule has 7 nitrogen and oxygen atoms in total. The number of nitrogens with one attached hydrogen (secondary N) is 1. The first-order chi connectivity index (χ1) is 16.6. The summed E-state index contributed by atoms with van der Waals surface area (Å²) in [6, 6.07) is 13.9. The van der Waals surface area contributed by atoms with E-state index in [1.165, 1.54) is 31.7 Å². The maximum absolute atomic E-state index is 12.3. The minimum Gasteiger partial charge on any atom is -0.493 e. The van der Waals surface area contributed by atoms with Gasteiger partial charge >= 0.3 is 0 Å². The highest BCUT2D eigenvalue weighted by Crippen LogP contribution is 2.39. The van der Waals surface area contributed by atoms with Crippen LogP contribution in [-0.2, 0) is 11.2 Å². The van der Waals surface area contributed by atoms with Crippen LogP contribution in [-0.4, -0.2) is 48.8 Å². The molecule has 0 saturated carbocycles. The van der Waals surface area contributed by atoms with Gasteiger partial charge in [0.25, 0.3) is 5.91 Å². The van der Waals surface area contributed by atoms with Crippen LogP contribution in [0.1, 0.15) is 35.7 Å². The van der Waals surface area contributed by atoms with Gasteiger partial charge in [0.1, 0.15) is 17.4 Å². The summed E-state index contributed by atoms with van der Waals surface area (Å²) in [7, 11) is 2.97. The summed E-state index contributed by atoms with van der Waals surface area (Å²) in [5, 5.41) is 9.22. The number of hydrogen-bond acceptors (Lipinski definition) is 7. The number of carbonyl (C=O) groups is 1. The molecule has 0 radical (unpaired) electrons. The summed E-state index contributed by atoms with van der Waals surface area (Å²) in [6.07, 6.45) is 8.89. The third kappa shape index (κ3) is 6.79. The lowest BCUT2D eigenvalue weighted by atomic mass is 10.1. The van der Waals surface area contributed by atoms with E-state index in [-0.39, 0.29) is 17.4 Å². The Morgan fingerprint density at radius 2 is 1.88 bits per heavy atom.